The van der Waals surface area contributed by atoms with Crippen LogP contribution in [-0.4, -0.2) is 31.2 Å². The molecule has 0 saturated heterocycles. The minimum atomic E-state index is 0.0566. The van der Waals surface area contributed by atoms with Crippen molar-refractivity contribution in [2.75, 3.05) is 19.8 Å². The molecule has 0 heterocycles. The van der Waals surface area contributed by atoms with Crippen LogP contribution in [-0.2, 0) is 9.53 Å². The second-order valence-electron chi connectivity index (χ2n) is 1.64. The van der Waals surface area contributed by atoms with Crippen LogP contribution in [0.4, 0.5) is 0 Å². The van der Waals surface area contributed by atoms with E-state index in [2.05, 4.69) is 0 Å². The second-order valence-corrected chi connectivity index (χ2v) is 1.64. The van der Waals surface area contributed by atoms with E-state index in [1.54, 1.807) is 0 Å². The number of carbonyl (C=O) groups is 1. The van der Waals surface area contributed by atoms with Crippen molar-refractivity contribution in [2.24, 2.45) is 0 Å². The third kappa shape index (κ3) is 7.59. The van der Waals surface area contributed by atoms with Crippen LogP contribution in [0.2, 0.25) is 0 Å². The largest absolute Gasteiger partial charge is 0.394 e. The zero-order valence-corrected chi connectivity index (χ0v) is 5.38. The van der Waals surface area contributed by atoms with Crippen LogP contribution in [0, 0.1) is 0 Å². The van der Waals surface area contributed by atoms with E-state index >= 15 is 0 Å². The molecule has 3 nitrogen and oxygen atoms in total. The Balaban J connectivity index is 2.66. The molecule has 0 amide bonds. The topological polar surface area (TPSA) is 46.5 Å². The Hall–Kier alpha value is -0.410. The molecule has 0 unspecified atom stereocenters. The van der Waals surface area contributed by atoms with Crippen molar-refractivity contribution < 1.29 is 14.6 Å². The van der Waals surface area contributed by atoms with Gasteiger partial charge in [0.25, 0.3) is 0 Å². The SMILES string of the molecule is O=CCCCOCCO. The molecule has 54 valence electrons. The highest BCUT2D eigenvalue weighted by Gasteiger charge is 1.85. The number of carbonyl (C=O) groups excluding carboxylic acids is 1. The van der Waals surface area contributed by atoms with Gasteiger partial charge < -0.3 is 14.6 Å². The minimum Gasteiger partial charge on any atom is -0.394 e. The molecule has 0 fully saturated rings. The molecule has 0 aromatic rings. The molecule has 0 atom stereocenters. The lowest BCUT2D eigenvalue weighted by Crippen LogP contribution is -2.00. The van der Waals surface area contributed by atoms with Gasteiger partial charge in [0.15, 0.2) is 0 Å². The van der Waals surface area contributed by atoms with Crippen LogP contribution in [0.25, 0.3) is 0 Å². The summed E-state index contributed by atoms with van der Waals surface area (Å²) < 4.78 is 4.88. The van der Waals surface area contributed by atoms with E-state index in [4.69, 9.17) is 9.84 Å². The van der Waals surface area contributed by atoms with E-state index < -0.39 is 0 Å². The van der Waals surface area contributed by atoms with Crippen molar-refractivity contribution in [1.29, 1.82) is 0 Å². The summed E-state index contributed by atoms with van der Waals surface area (Å²) in [4.78, 5) is 9.73. The predicted molar refractivity (Wildman–Crippen MR) is 33.2 cm³/mol. The first-order valence-corrected chi connectivity index (χ1v) is 3.04. The maximum Gasteiger partial charge on any atom is 0.120 e. The smallest absolute Gasteiger partial charge is 0.120 e. The number of rotatable bonds is 6. The molecule has 3 heteroatoms. The van der Waals surface area contributed by atoms with Gasteiger partial charge >= 0.3 is 0 Å². The Labute approximate surface area is 54.6 Å². The Morgan fingerprint density at radius 1 is 1.44 bits per heavy atom. The van der Waals surface area contributed by atoms with E-state index in [0.29, 0.717) is 19.6 Å². The monoisotopic (exact) mass is 132 g/mol. The van der Waals surface area contributed by atoms with Gasteiger partial charge in [-0.3, -0.25) is 0 Å². The van der Waals surface area contributed by atoms with Crippen LogP contribution in [0.3, 0.4) is 0 Å². The zero-order chi connectivity index (χ0) is 6.95. The van der Waals surface area contributed by atoms with E-state index in [0.717, 1.165) is 12.7 Å². The quantitative estimate of drug-likeness (QED) is 0.408. The number of aliphatic hydroxyl groups is 1. The molecule has 0 saturated carbocycles. The first kappa shape index (κ1) is 8.59. The van der Waals surface area contributed by atoms with Gasteiger partial charge in [0.1, 0.15) is 6.29 Å². The van der Waals surface area contributed by atoms with Crippen molar-refractivity contribution in [3.63, 3.8) is 0 Å². The first-order chi connectivity index (χ1) is 4.41. The molecular formula is C6H12O3. The van der Waals surface area contributed by atoms with Gasteiger partial charge in [0.2, 0.25) is 0 Å². The molecule has 0 bridgehead atoms. The number of aliphatic hydroxyl groups excluding tert-OH is 1. The van der Waals surface area contributed by atoms with Crippen LogP contribution >= 0.6 is 0 Å². The number of hydrogen-bond donors (Lipinski definition) is 1. The number of hydrogen-bond acceptors (Lipinski definition) is 3. The lowest BCUT2D eigenvalue weighted by atomic mass is 10.3. The van der Waals surface area contributed by atoms with Crippen molar-refractivity contribution in [3.05, 3.63) is 0 Å². The lowest BCUT2D eigenvalue weighted by Gasteiger charge is -1.97. The molecule has 0 spiro atoms. The van der Waals surface area contributed by atoms with Gasteiger partial charge in [-0.25, -0.2) is 0 Å². The number of aldehydes is 1. The summed E-state index contributed by atoms with van der Waals surface area (Å²) in [6.45, 7) is 0.999. The highest BCUT2D eigenvalue weighted by Crippen LogP contribution is 1.84. The lowest BCUT2D eigenvalue weighted by molar-refractivity contribution is -0.108. The second kappa shape index (κ2) is 7.59. The molecule has 0 aliphatic heterocycles. The summed E-state index contributed by atoms with van der Waals surface area (Å²) in [6.07, 6.45) is 2.16. The number of unbranched alkanes of at least 4 members (excludes halogenated alkanes) is 1. The van der Waals surface area contributed by atoms with Gasteiger partial charge in [0, 0.05) is 13.0 Å². The van der Waals surface area contributed by atoms with E-state index in [9.17, 15) is 4.79 Å². The molecular weight excluding hydrogens is 120 g/mol. The fraction of sp³-hybridized carbons (Fsp3) is 0.833. The fourth-order valence-electron chi connectivity index (χ4n) is 0.435. The van der Waals surface area contributed by atoms with Gasteiger partial charge in [-0.1, -0.05) is 0 Å². The standard InChI is InChI=1S/C6H12O3/c7-3-1-2-5-9-6-4-8/h3,8H,1-2,4-6H2. The summed E-state index contributed by atoms with van der Waals surface area (Å²) in [5.74, 6) is 0. The Bertz CT molecular complexity index is 63.3. The van der Waals surface area contributed by atoms with Crippen LogP contribution in [0.1, 0.15) is 12.8 Å². The normalized spacial score (nSPS) is 9.44. The Morgan fingerprint density at radius 3 is 2.78 bits per heavy atom. The van der Waals surface area contributed by atoms with E-state index in [1.807, 2.05) is 0 Å². The molecule has 0 aliphatic carbocycles. The summed E-state index contributed by atoms with van der Waals surface area (Å²) >= 11 is 0. The molecule has 0 rings (SSSR count). The average molecular weight is 132 g/mol. The zero-order valence-electron chi connectivity index (χ0n) is 5.38. The fourth-order valence-corrected chi connectivity index (χ4v) is 0.435. The van der Waals surface area contributed by atoms with Gasteiger partial charge in [-0.2, -0.15) is 0 Å². The predicted octanol–water partition coefficient (Wildman–Crippen LogP) is -0.0256. The highest BCUT2D eigenvalue weighted by molar-refractivity contribution is 5.48. The highest BCUT2D eigenvalue weighted by atomic mass is 16.5. The summed E-state index contributed by atoms with van der Waals surface area (Å²) in [7, 11) is 0. The molecule has 0 radical (unpaired) electrons. The minimum absolute atomic E-state index is 0.0566. The molecule has 0 aromatic carbocycles. The summed E-state index contributed by atoms with van der Waals surface area (Å²) in [6, 6.07) is 0. The van der Waals surface area contributed by atoms with Crippen LogP contribution in [0.15, 0.2) is 0 Å². The first-order valence-electron chi connectivity index (χ1n) is 3.04. The van der Waals surface area contributed by atoms with E-state index in [1.165, 1.54) is 0 Å². The Kier molecular flexibility index (Phi) is 7.24. The van der Waals surface area contributed by atoms with Gasteiger partial charge in [-0.05, 0) is 6.42 Å². The van der Waals surface area contributed by atoms with Crippen molar-refractivity contribution >= 4 is 6.29 Å². The summed E-state index contributed by atoms with van der Waals surface area (Å²) in [5.41, 5.74) is 0. The van der Waals surface area contributed by atoms with E-state index in [-0.39, 0.29) is 6.61 Å². The van der Waals surface area contributed by atoms with Crippen molar-refractivity contribution in [3.8, 4) is 0 Å². The molecule has 0 aliphatic rings. The van der Waals surface area contributed by atoms with Crippen LogP contribution in [0.5, 0.6) is 0 Å². The summed E-state index contributed by atoms with van der Waals surface area (Å²) in [5, 5.41) is 8.23. The van der Waals surface area contributed by atoms with Gasteiger partial charge in [-0.15, -0.1) is 0 Å². The van der Waals surface area contributed by atoms with Gasteiger partial charge in [0.05, 0.1) is 13.2 Å². The third-order valence-corrected chi connectivity index (χ3v) is 0.846. The molecule has 1 N–H and O–H groups in total. The third-order valence-electron chi connectivity index (χ3n) is 0.846. The van der Waals surface area contributed by atoms with Crippen molar-refractivity contribution in [2.45, 2.75) is 12.8 Å². The average Bonchev–Trinajstić information content (AvgIpc) is 1.89. The maximum absolute atomic E-state index is 9.73. The number of ether oxygens (including phenoxy) is 1. The maximum atomic E-state index is 9.73. The van der Waals surface area contributed by atoms with Crippen LogP contribution < -0.4 is 0 Å². The van der Waals surface area contributed by atoms with Crippen molar-refractivity contribution in [1.82, 2.24) is 0 Å². The molecule has 0 aromatic heterocycles. The Morgan fingerprint density at radius 2 is 2.22 bits per heavy atom. The molecule has 9 heavy (non-hydrogen) atoms.